The summed E-state index contributed by atoms with van der Waals surface area (Å²) in [6.07, 6.45) is 0. The Morgan fingerprint density at radius 3 is 2.43 bits per heavy atom. The molecule has 0 fully saturated rings. The third-order valence-corrected chi connectivity index (χ3v) is 3.36. The van der Waals surface area contributed by atoms with Crippen LogP contribution in [0.2, 0.25) is 0 Å². The highest BCUT2D eigenvalue weighted by molar-refractivity contribution is 5.96. The first-order valence-electron chi connectivity index (χ1n) is 6.92. The van der Waals surface area contributed by atoms with Crippen LogP contribution in [0.5, 0.6) is 0 Å². The molecular formula is C16H19FN2O2. The lowest BCUT2D eigenvalue weighted by Crippen LogP contribution is -2.27. The molecule has 112 valence electrons. The molecule has 0 radical (unpaired) electrons. The highest BCUT2D eigenvalue weighted by Crippen LogP contribution is 2.23. The monoisotopic (exact) mass is 290 g/mol. The normalized spacial score (nSPS) is 12.5. The van der Waals surface area contributed by atoms with Gasteiger partial charge in [-0.05, 0) is 31.5 Å². The van der Waals surface area contributed by atoms with E-state index in [1.807, 2.05) is 20.8 Å². The average Bonchev–Trinajstić information content (AvgIpc) is 2.81. The number of carbonyl (C=O) groups excluding carboxylic acids is 1. The van der Waals surface area contributed by atoms with Gasteiger partial charge in [0.05, 0.1) is 11.7 Å². The highest BCUT2D eigenvalue weighted by atomic mass is 19.1. The van der Waals surface area contributed by atoms with Gasteiger partial charge in [-0.1, -0.05) is 31.1 Å². The molecule has 1 aromatic carbocycles. The number of nitrogens with zero attached hydrogens (tertiary/aromatic N) is 1. The largest absolute Gasteiger partial charge is 0.360 e. The Kier molecular flexibility index (Phi) is 4.40. The van der Waals surface area contributed by atoms with Gasteiger partial charge in [0, 0.05) is 5.92 Å². The third kappa shape index (κ3) is 3.29. The van der Waals surface area contributed by atoms with Crippen molar-refractivity contribution in [3.05, 3.63) is 52.7 Å². The van der Waals surface area contributed by atoms with Gasteiger partial charge >= 0.3 is 0 Å². The molecule has 1 unspecified atom stereocenters. The number of nitrogens with one attached hydrogen (secondary N) is 1. The molecule has 0 aliphatic rings. The lowest BCUT2D eigenvalue weighted by atomic mass is 10.0. The van der Waals surface area contributed by atoms with E-state index in [1.54, 1.807) is 19.1 Å². The second-order valence-electron chi connectivity index (χ2n) is 5.41. The Bertz CT molecular complexity index is 632. The fourth-order valence-corrected chi connectivity index (χ4v) is 2.16. The number of rotatable bonds is 4. The molecule has 21 heavy (non-hydrogen) atoms. The molecule has 0 aliphatic heterocycles. The molecule has 1 aromatic heterocycles. The first kappa shape index (κ1) is 15.2. The topological polar surface area (TPSA) is 55.1 Å². The first-order valence-corrected chi connectivity index (χ1v) is 6.92. The molecule has 0 spiro atoms. The van der Waals surface area contributed by atoms with Crippen LogP contribution >= 0.6 is 0 Å². The van der Waals surface area contributed by atoms with E-state index in [2.05, 4.69) is 10.5 Å². The molecule has 1 N–H and O–H groups in total. The van der Waals surface area contributed by atoms with E-state index < -0.39 is 0 Å². The summed E-state index contributed by atoms with van der Waals surface area (Å²) in [4.78, 5) is 12.4. The Balaban J connectivity index is 2.18. The van der Waals surface area contributed by atoms with E-state index in [9.17, 15) is 9.18 Å². The highest BCUT2D eigenvalue weighted by Gasteiger charge is 2.23. The van der Waals surface area contributed by atoms with Crippen molar-refractivity contribution in [2.75, 3.05) is 0 Å². The van der Waals surface area contributed by atoms with Gasteiger partial charge in [0.25, 0.3) is 5.91 Å². The third-order valence-electron chi connectivity index (χ3n) is 3.36. The van der Waals surface area contributed by atoms with Gasteiger partial charge in [-0.3, -0.25) is 4.79 Å². The summed E-state index contributed by atoms with van der Waals surface area (Å²) in [7, 11) is 0. The van der Waals surface area contributed by atoms with E-state index in [1.165, 1.54) is 12.1 Å². The maximum atomic E-state index is 12.9. The predicted octanol–water partition coefficient (Wildman–Crippen LogP) is 3.74. The smallest absolute Gasteiger partial charge is 0.257 e. The van der Waals surface area contributed by atoms with E-state index in [-0.39, 0.29) is 23.7 Å². The number of aryl methyl sites for hydroxylation is 1. The SMILES string of the molecule is Cc1noc(C(C)C)c1C(=O)NC(C)c1ccc(F)cc1. The van der Waals surface area contributed by atoms with E-state index in [0.717, 1.165) is 5.56 Å². The van der Waals surface area contributed by atoms with Gasteiger partial charge < -0.3 is 9.84 Å². The van der Waals surface area contributed by atoms with Gasteiger partial charge in [-0.25, -0.2) is 4.39 Å². The van der Waals surface area contributed by atoms with Crippen LogP contribution in [0.3, 0.4) is 0 Å². The summed E-state index contributed by atoms with van der Waals surface area (Å²) in [5, 5.41) is 6.76. The minimum atomic E-state index is -0.297. The van der Waals surface area contributed by atoms with E-state index >= 15 is 0 Å². The fourth-order valence-electron chi connectivity index (χ4n) is 2.16. The Hall–Kier alpha value is -2.17. The molecule has 1 atom stereocenters. The second kappa shape index (κ2) is 6.08. The van der Waals surface area contributed by atoms with Crippen LogP contribution in [0.25, 0.3) is 0 Å². The number of amides is 1. The first-order chi connectivity index (χ1) is 9.90. The van der Waals surface area contributed by atoms with Crippen molar-refractivity contribution >= 4 is 5.91 Å². The number of halogens is 1. The van der Waals surface area contributed by atoms with Gasteiger partial charge in [0.1, 0.15) is 11.4 Å². The molecule has 2 aromatic rings. The Morgan fingerprint density at radius 1 is 1.24 bits per heavy atom. The van der Waals surface area contributed by atoms with Crippen LogP contribution in [0, 0.1) is 12.7 Å². The van der Waals surface area contributed by atoms with Gasteiger partial charge in [-0.2, -0.15) is 0 Å². The van der Waals surface area contributed by atoms with E-state index in [0.29, 0.717) is 17.0 Å². The van der Waals surface area contributed by atoms with Crippen molar-refractivity contribution < 1.29 is 13.7 Å². The van der Waals surface area contributed by atoms with Crippen LogP contribution in [0.15, 0.2) is 28.8 Å². The van der Waals surface area contributed by atoms with Crippen LogP contribution in [-0.2, 0) is 0 Å². The molecule has 0 aliphatic carbocycles. The van der Waals surface area contributed by atoms with Gasteiger partial charge in [-0.15, -0.1) is 0 Å². The maximum Gasteiger partial charge on any atom is 0.257 e. The quantitative estimate of drug-likeness (QED) is 0.933. The number of aromatic nitrogens is 1. The minimum Gasteiger partial charge on any atom is -0.360 e. The summed E-state index contributed by atoms with van der Waals surface area (Å²) < 4.78 is 18.1. The number of hydrogen-bond acceptors (Lipinski definition) is 3. The van der Waals surface area contributed by atoms with Crippen molar-refractivity contribution in [1.29, 1.82) is 0 Å². The van der Waals surface area contributed by atoms with Crippen LogP contribution in [0.4, 0.5) is 4.39 Å². The Morgan fingerprint density at radius 2 is 1.86 bits per heavy atom. The summed E-state index contributed by atoms with van der Waals surface area (Å²) in [6.45, 7) is 7.48. The zero-order chi connectivity index (χ0) is 15.6. The molecule has 0 bridgehead atoms. The molecular weight excluding hydrogens is 271 g/mol. The minimum absolute atomic E-state index is 0.0769. The number of benzene rings is 1. The van der Waals surface area contributed by atoms with Crippen LogP contribution in [-0.4, -0.2) is 11.1 Å². The standard InChI is InChI=1S/C16H19FN2O2/c1-9(2)15-14(11(4)19-21-15)16(20)18-10(3)12-5-7-13(17)8-6-12/h5-10H,1-4H3,(H,18,20). The summed E-state index contributed by atoms with van der Waals surface area (Å²) in [5.74, 6) is 0.132. The van der Waals surface area contributed by atoms with Crippen molar-refractivity contribution in [1.82, 2.24) is 10.5 Å². The van der Waals surface area contributed by atoms with Gasteiger partial charge in [0.15, 0.2) is 5.76 Å². The van der Waals surface area contributed by atoms with Crippen LogP contribution < -0.4 is 5.32 Å². The summed E-state index contributed by atoms with van der Waals surface area (Å²) >= 11 is 0. The van der Waals surface area contributed by atoms with Gasteiger partial charge in [0.2, 0.25) is 0 Å². The number of hydrogen-bond donors (Lipinski definition) is 1. The van der Waals surface area contributed by atoms with E-state index in [4.69, 9.17) is 4.52 Å². The molecule has 1 amide bonds. The van der Waals surface area contributed by atoms with Crippen molar-refractivity contribution in [3.63, 3.8) is 0 Å². The lowest BCUT2D eigenvalue weighted by Gasteiger charge is -2.15. The zero-order valence-electron chi connectivity index (χ0n) is 12.6. The number of carbonyl (C=O) groups is 1. The van der Waals surface area contributed by atoms with Crippen molar-refractivity contribution in [2.24, 2.45) is 0 Å². The molecule has 5 heteroatoms. The summed E-state index contributed by atoms with van der Waals surface area (Å²) in [5.41, 5.74) is 1.89. The molecule has 4 nitrogen and oxygen atoms in total. The summed E-state index contributed by atoms with van der Waals surface area (Å²) in [6, 6.07) is 5.84. The second-order valence-corrected chi connectivity index (χ2v) is 5.41. The lowest BCUT2D eigenvalue weighted by molar-refractivity contribution is 0.0937. The fraction of sp³-hybridized carbons (Fsp3) is 0.375. The zero-order valence-corrected chi connectivity index (χ0v) is 12.6. The maximum absolute atomic E-state index is 12.9. The molecule has 1 heterocycles. The van der Waals surface area contributed by atoms with Crippen LogP contribution in [0.1, 0.15) is 60.1 Å². The molecule has 2 rings (SSSR count). The average molecular weight is 290 g/mol. The van der Waals surface area contributed by atoms with Crippen molar-refractivity contribution in [3.8, 4) is 0 Å². The molecule has 0 saturated heterocycles. The Labute approximate surface area is 123 Å². The predicted molar refractivity (Wildman–Crippen MR) is 77.6 cm³/mol. The molecule has 0 saturated carbocycles. The van der Waals surface area contributed by atoms with Crippen molar-refractivity contribution in [2.45, 2.75) is 39.7 Å².